The van der Waals surface area contributed by atoms with Crippen LogP contribution in [0.2, 0.25) is 0 Å². The summed E-state index contributed by atoms with van der Waals surface area (Å²) in [7, 11) is 0. The Morgan fingerprint density at radius 3 is 2.61 bits per heavy atom. The average molecular weight is 461 g/mol. The maximum absolute atomic E-state index is 14.2. The Bertz CT molecular complexity index is 1150. The molecule has 1 aliphatic carbocycles. The van der Waals surface area contributed by atoms with Crippen LogP contribution in [0.1, 0.15) is 73.7 Å². The summed E-state index contributed by atoms with van der Waals surface area (Å²) in [5, 5.41) is 17.0. The molecule has 1 fully saturated rings. The fourth-order valence-electron chi connectivity index (χ4n) is 4.25. The first-order valence-corrected chi connectivity index (χ1v) is 11.1. The maximum Gasteiger partial charge on any atom is 0.274 e. The molecule has 2 N–H and O–H groups in total. The molecule has 0 saturated heterocycles. The van der Waals surface area contributed by atoms with Crippen molar-refractivity contribution in [2.45, 2.75) is 57.7 Å². The van der Waals surface area contributed by atoms with Crippen LogP contribution < -0.4 is 5.32 Å². The van der Waals surface area contributed by atoms with E-state index in [1.54, 1.807) is 10.9 Å². The van der Waals surface area contributed by atoms with E-state index in [2.05, 4.69) is 15.4 Å². The first-order valence-electron chi connectivity index (χ1n) is 11.1. The van der Waals surface area contributed by atoms with Crippen LogP contribution in [0.4, 0.5) is 18.9 Å². The van der Waals surface area contributed by atoms with E-state index in [-0.39, 0.29) is 35.3 Å². The Morgan fingerprint density at radius 2 is 1.97 bits per heavy atom. The summed E-state index contributed by atoms with van der Waals surface area (Å²) >= 11 is 0. The zero-order chi connectivity index (χ0) is 23.8. The minimum Gasteiger partial charge on any atom is -0.396 e. The van der Waals surface area contributed by atoms with Crippen molar-refractivity contribution in [2.24, 2.45) is 5.92 Å². The van der Waals surface area contributed by atoms with Gasteiger partial charge in [-0.25, -0.2) is 18.2 Å². The molecule has 2 aromatic heterocycles. The van der Waals surface area contributed by atoms with Crippen LogP contribution in [0.3, 0.4) is 0 Å². The van der Waals surface area contributed by atoms with Gasteiger partial charge < -0.3 is 10.4 Å². The second kappa shape index (κ2) is 9.13. The molecule has 0 bridgehead atoms. The molecular formula is C24H27F3N4O2. The van der Waals surface area contributed by atoms with Crippen molar-refractivity contribution in [1.29, 1.82) is 0 Å². The van der Waals surface area contributed by atoms with Gasteiger partial charge in [-0.3, -0.25) is 9.48 Å². The molecule has 6 nitrogen and oxygen atoms in total. The van der Waals surface area contributed by atoms with E-state index >= 15 is 0 Å². The largest absolute Gasteiger partial charge is 0.396 e. The van der Waals surface area contributed by atoms with Crippen molar-refractivity contribution in [3.05, 3.63) is 53.5 Å². The molecule has 33 heavy (non-hydrogen) atoms. The van der Waals surface area contributed by atoms with Gasteiger partial charge in [0.15, 0.2) is 0 Å². The lowest BCUT2D eigenvalue weighted by Crippen LogP contribution is -2.20. The van der Waals surface area contributed by atoms with Crippen LogP contribution in [-0.4, -0.2) is 32.4 Å². The standard InChI is InChI=1S/C24H27F3N4O2/c1-24(2,27)21-5-3-4-18(28-21)23(33)29-20-10-15-12-31(16-8-6-14(13-32)7-9-16)30-19(15)11-17(20)22(25)26/h3-5,10-12,14,16,22,32H,6-9,13H2,1-2H3,(H,29,33)/t14-,16-. The Labute approximate surface area is 189 Å². The Hall–Kier alpha value is -2.94. The summed E-state index contributed by atoms with van der Waals surface area (Å²) < 4.78 is 43.6. The van der Waals surface area contributed by atoms with Gasteiger partial charge in [-0.15, -0.1) is 0 Å². The summed E-state index contributed by atoms with van der Waals surface area (Å²) in [6.07, 6.45) is 2.48. The number of pyridine rings is 1. The summed E-state index contributed by atoms with van der Waals surface area (Å²) in [5.74, 6) is -0.398. The molecule has 9 heteroatoms. The number of hydrogen-bond donors (Lipinski definition) is 2. The van der Waals surface area contributed by atoms with E-state index in [4.69, 9.17) is 0 Å². The molecule has 1 aliphatic rings. The summed E-state index contributed by atoms with van der Waals surface area (Å²) in [4.78, 5) is 16.8. The number of benzene rings is 1. The second-order valence-corrected chi connectivity index (χ2v) is 9.10. The SMILES string of the molecule is CC(C)(F)c1cccc(C(=O)Nc2cc3cn([C@H]4CC[C@H](CO)CC4)nc3cc2C(F)F)n1. The van der Waals surface area contributed by atoms with Crippen LogP contribution in [0.5, 0.6) is 0 Å². The topological polar surface area (TPSA) is 80.0 Å². The number of halogens is 3. The van der Waals surface area contributed by atoms with Gasteiger partial charge in [-0.1, -0.05) is 6.07 Å². The van der Waals surface area contributed by atoms with Gasteiger partial charge in [-0.05, 0) is 69.7 Å². The number of anilines is 1. The lowest BCUT2D eigenvalue weighted by molar-refractivity contribution is 0.102. The van der Waals surface area contributed by atoms with Gasteiger partial charge in [-0.2, -0.15) is 5.10 Å². The zero-order valence-electron chi connectivity index (χ0n) is 18.6. The third-order valence-corrected chi connectivity index (χ3v) is 6.22. The van der Waals surface area contributed by atoms with Crippen LogP contribution in [0, 0.1) is 5.92 Å². The molecule has 176 valence electrons. The number of rotatable bonds is 6. The molecule has 0 aliphatic heterocycles. The normalized spacial score (nSPS) is 19.2. The van der Waals surface area contributed by atoms with Gasteiger partial charge in [0.2, 0.25) is 0 Å². The lowest BCUT2D eigenvalue weighted by atomic mass is 9.87. The molecule has 1 saturated carbocycles. The van der Waals surface area contributed by atoms with Crippen molar-refractivity contribution >= 4 is 22.5 Å². The maximum atomic E-state index is 14.2. The number of fused-ring (bicyclic) bond motifs is 1. The van der Waals surface area contributed by atoms with Gasteiger partial charge in [0, 0.05) is 23.8 Å². The predicted octanol–water partition coefficient (Wildman–Crippen LogP) is 5.55. The quantitative estimate of drug-likeness (QED) is 0.506. The highest BCUT2D eigenvalue weighted by Gasteiger charge is 2.25. The third-order valence-electron chi connectivity index (χ3n) is 6.22. The second-order valence-electron chi connectivity index (χ2n) is 9.10. The van der Waals surface area contributed by atoms with Gasteiger partial charge in [0.05, 0.1) is 22.9 Å². The van der Waals surface area contributed by atoms with Gasteiger partial charge >= 0.3 is 0 Å². The molecule has 0 spiro atoms. The third kappa shape index (κ3) is 5.03. The average Bonchev–Trinajstić information content (AvgIpc) is 3.21. The number of carbonyl (C=O) groups excluding carboxylic acids is 1. The Kier molecular flexibility index (Phi) is 6.43. The highest BCUT2D eigenvalue weighted by molar-refractivity contribution is 6.04. The van der Waals surface area contributed by atoms with E-state index in [9.17, 15) is 23.1 Å². The Morgan fingerprint density at radius 1 is 1.24 bits per heavy atom. The number of aromatic nitrogens is 3. The first-order chi connectivity index (χ1) is 15.7. The van der Waals surface area contributed by atoms with E-state index in [0.717, 1.165) is 25.7 Å². The first kappa shape index (κ1) is 23.2. The minimum atomic E-state index is -2.82. The van der Waals surface area contributed by atoms with E-state index in [1.165, 1.54) is 44.2 Å². The molecule has 3 aromatic rings. The number of hydrogen-bond acceptors (Lipinski definition) is 4. The van der Waals surface area contributed by atoms with Crippen LogP contribution in [0.15, 0.2) is 36.5 Å². The molecular weight excluding hydrogens is 433 g/mol. The lowest BCUT2D eigenvalue weighted by Gasteiger charge is -2.27. The molecule has 1 amide bonds. The summed E-state index contributed by atoms with van der Waals surface area (Å²) in [6.45, 7) is 2.83. The summed E-state index contributed by atoms with van der Waals surface area (Å²) in [6, 6.07) is 7.30. The molecule has 0 atom stereocenters. The van der Waals surface area contributed by atoms with Crippen molar-refractivity contribution in [3.8, 4) is 0 Å². The minimum absolute atomic E-state index is 0.0299. The number of aliphatic hydroxyl groups excluding tert-OH is 1. The van der Waals surface area contributed by atoms with Crippen LogP contribution in [0.25, 0.3) is 10.9 Å². The van der Waals surface area contributed by atoms with E-state index in [1.807, 2.05) is 0 Å². The summed E-state index contributed by atoms with van der Waals surface area (Å²) in [5.41, 5.74) is -1.67. The Balaban J connectivity index is 1.62. The van der Waals surface area contributed by atoms with Crippen LogP contribution >= 0.6 is 0 Å². The molecule has 4 rings (SSSR count). The van der Waals surface area contributed by atoms with Crippen LogP contribution in [-0.2, 0) is 5.67 Å². The molecule has 0 radical (unpaired) electrons. The van der Waals surface area contributed by atoms with Crippen molar-refractivity contribution in [1.82, 2.24) is 14.8 Å². The number of carbonyl (C=O) groups is 1. The van der Waals surface area contributed by atoms with Crippen molar-refractivity contribution in [2.75, 3.05) is 11.9 Å². The molecule has 0 unspecified atom stereocenters. The highest BCUT2D eigenvalue weighted by Crippen LogP contribution is 2.35. The molecule has 1 aromatic carbocycles. The fourth-order valence-corrected chi connectivity index (χ4v) is 4.25. The van der Waals surface area contributed by atoms with Crippen molar-refractivity contribution < 1.29 is 23.1 Å². The smallest absolute Gasteiger partial charge is 0.274 e. The number of amides is 1. The number of nitrogens with zero attached hydrogens (tertiary/aromatic N) is 3. The number of nitrogens with one attached hydrogen (secondary N) is 1. The van der Waals surface area contributed by atoms with Gasteiger partial charge in [0.1, 0.15) is 11.4 Å². The van der Waals surface area contributed by atoms with Gasteiger partial charge in [0.25, 0.3) is 12.3 Å². The fraction of sp³-hybridized carbons (Fsp3) is 0.458. The van der Waals surface area contributed by atoms with Crippen molar-refractivity contribution in [3.63, 3.8) is 0 Å². The molecule has 2 heterocycles. The zero-order valence-corrected chi connectivity index (χ0v) is 18.6. The van der Waals surface area contributed by atoms with E-state index < -0.39 is 18.0 Å². The monoisotopic (exact) mass is 460 g/mol. The highest BCUT2D eigenvalue weighted by atomic mass is 19.3. The van der Waals surface area contributed by atoms with E-state index in [0.29, 0.717) is 16.8 Å². The number of alkyl halides is 3. The number of aliphatic hydroxyl groups is 1. The predicted molar refractivity (Wildman–Crippen MR) is 119 cm³/mol.